The van der Waals surface area contributed by atoms with Gasteiger partial charge in [-0.05, 0) is 34.6 Å². The van der Waals surface area contributed by atoms with Crippen LogP contribution in [-0.4, -0.2) is 17.0 Å². The van der Waals surface area contributed by atoms with E-state index in [4.69, 9.17) is 4.74 Å². The highest BCUT2D eigenvalue weighted by Crippen LogP contribution is 2.62. The Kier molecular flexibility index (Phi) is 3.39. The zero-order chi connectivity index (χ0) is 18.7. The smallest absolute Gasteiger partial charge is 0.411 e. The number of cyclic esters (lactones) is 1. The Labute approximate surface area is 164 Å². The zero-order valence-corrected chi connectivity index (χ0v) is 15.4. The highest BCUT2D eigenvalue weighted by Gasteiger charge is 2.63. The van der Waals surface area contributed by atoms with E-state index in [1.165, 1.54) is 11.1 Å². The fourth-order valence-corrected chi connectivity index (χ4v) is 5.38. The van der Waals surface area contributed by atoms with E-state index in [1.807, 2.05) is 41.3 Å². The predicted molar refractivity (Wildman–Crippen MR) is 107 cm³/mol. The van der Waals surface area contributed by atoms with Crippen LogP contribution in [0.2, 0.25) is 0 Å². The Morgan fingerprint density at radius 3 is 2.18 bits per heavy atom. The first-order valence-corrected chi connectivity index (χ1v) is 9.99. The Bertz CT molecular complexity index is 1030. The molecule has 0 bridgehead atoms. The van der Waals surface area contributed by atoms with Crippen molar-refractivity contribution in [1.82, 2.24) is 4.90 Å². The van der Waals surface area contributed by atoms with Crippen molar-refractivity contribution >= 4 is 6.09 Å². The molecule has 1 amide bonds. The molecular weight excluding hydrogens is 346 g/mol. The maximum Gasteiger partial charge on any atom is 0.411 e. The van der Waals surface area contributed by atoms with Crippen LogP contribution in [0.5, 0.6) is 0 Å². The minimum Gasteiger partial charge on any atom is -0.439 e. The number of carbonyl (C=O) groups excluding carboxylic acids is 1. The summed E-state index contributed by atoms with van der Waals surface area (Å²) in [6, 6.07) is 29.3. The lowest BCUT2D eigenvalue weighted by Crippen LogP contribution is -2.33. The van der Waals surface area contributed by atoms with Gasteiger partial charge in [0.2, 0.25) is 0 Å². The summed E-state index contributed by atoms with van der Waals surface area (Å²) in [6.07, 6.45) is 0.611. The molecule has 5 atom stereocenters. The molecular formula is C25H21NO2. The van der Waals surface area contributed by atoms with Gasteiger partial charge < -0.3 is 4.74 Å². The lowest BCUT2D eigenvalue weighted by molar-refractivity contribution is 0.129. The van der Waals surface area contributed by atoms with Gasteiger partial charge in [0.1, 0.15) is 6.04 Å². The van der Waals surface area contributed by atoms with Crippen LogP contribution < -0.4 is 0 Å². The van der Waals surface area contributed by atoms with E-state index in [0.29, 0.717) is 11.8 Å². The molecule has 3 heteroatoms. The van der Waals surface area contributed by atoms with E-state index in [2.05, 4.69) is 48.5 Å². The molecule has 1 saturated heterocycles. The first kappa shape index (κ1) is 15.9. The van der Waals surface area contributed by atoms with Crippen LogP contribution in [0.3, 0.4) is 0 Å². The van der Waals surface area contributed by atoms with E-state index in [-0.39, 0.29) is 24.3 Å². The van der Waals surface area contributed by atoms with Gasteiger partial charge in [0.25, 0.3) is 0 Å². The predicted octanol–water partition coefficient (Wildman–Crippen LogP) is 5.26. The van der Waals surface area contributed by atoms with Crippen LogP contribution in [0.4, 0.5) is 4.79 Å². The van der Waals surface area contributed by atoms with Gasteiger partial charge in [0.15, 0.2) is 6.10 Å². The van der Waals surface area contributed by atoms with Gasteiger partial charge in [-0.2, -0.15) is 0 Å². The lowest BCUT2D eigenvalue weighted by Gasteiger charge is -2.27. The van der Waals surface area contributed by atoms with Gasteiger partial charge in [0.05, 0.1) is 0 Å². The van der Waals surface area contributed by atoms with E-state index >= 15 is 0 Å². The Hall–Kier alpha value is -3.07. The molecule has 138 valence electrons. The monoisotopic (exact) mass is 367 g/mol. The Morgan fingerprint density at radius 2 is 1.43 bits per heavy atom. The second kappa shape index (κ2) is 5.96. The van der Waals surface area contributed by atoms with Gasteiger partial charge in [-0.1, -0.05) is 84.9 Å². The number of nitrogens with zero attached hydrogens (tertiary/aromatic N) is 1. The van der Waals surface area contributed by atoms with E-state index in [9.17, 15) is 4.79 Å². The molecule has 0 spiro atoms. The second-order valence-corrected chi connectivity index (χ2v) is 8.06. The van der Waals surface area contributed by atoms with Gasteiger partial charge in [-0.15, -0.1) is 0 Å². The summed E-state index contributed by atoms with van der Waals surface area (Å²) < 4.78 is 5.97. The number of carbonyl (C=O) groups is 1. The van der Waals surface area contributed by atoms with Crippen LogP contribution in [-0.2, 0) is 11.2 Å². The molecule has 0 N–H and O–H groups in total. The van der Waals surface area contributed by atoms with Crippen LogP contribution >= 0.6 is 0 Å². The molecule has 3 nitrogen and oxygen atoms in total. The van der Waals surface area contributed by atoms with Crippen molar-refractivity contribution in [1.29, 1.82) is 0 Å². The molecule has 2 aliphatic carbocycles. The molecule has 3 aliphatic rings. The van der Waals surface area contributed by atoms with Crippen LogP contribution in [0, 0.1) is 5.92 Å². The number of fused-ring (bicyclic) bond motifs is 3. The number of rotatable bonds is 3. The Balaban J connectivity index is 1.41. The third kappa shape index (κ3) is 2.26. The highest BCUT2D eigenvalue weighted by molar-refractivity contribution is 5.73. The molecule has 1 saturated carbocycles. The summed E-state index contributed by atoms with van der Waals surface area (Å²) in [5.41, 5.74) is 5.05. The largest absolute Gasteiger partial charge is 0.439 e. The first-order chi connectivity index (χ1) is 13.8. The minimum atomic E-state index is -0.271. The third-order valence-corrected chi connectivity index (χ3v) is 6.61. The van der Waals surface area contributed by atoms with Crippen molar-refractivity contribution in [3.63, 3.8) is 0 Å². The molecule has 1 aliphatic heterocycles. The molecule has 3 aromatic carbocycles. The van der Waals surface area contributed by atoms with Crippen molar-refractivity contribution in [3.8, 4) is 0 Å². The minimum absolute atomic E-state index is 0.0844. The van der Waals surface area contributed by atoms with Crippen molar-refractivity contribution in [3.05, 3.63) is 107 Å². The number of amides is 1. The SMILES string of the molecule is O=C1O[C@@H](c2ccccc2)[C@@H](c2ccccc2)N1[C@H]1[C@H]2Cc3ccccc3[C@H]21. The summed E-state index contributed by atoms with van der Waals surface area (Å²) in [5.74, 6) is 0.968. The fraction of sp³-hybridized carbons (Fsp3) is 0.240. The number of ether oxygens (including phenoxy) is 1. The normalized spacial score (nSPS) is 29.9. The van der Waals surface area contributed by atoms with Gasteiger partial charge in [-0.3, -0.25) is 4.90 Å². The second-order valence-electron chi connectivity index (χ2n) is 8.06. The lowest BCUT2D eigenvalue weighted by atomic mass is 9.94. The Morgan fingerprint density at radius 1 is 0.786 bits per heavy atom. The summed E-state index contributed by atoms with van der Waals surface area (Å²) in [4.78, 5) is 15.1. The molecule has 28 heavy (non-hydrogen) atoms. The van der Waals surface area contributed by atoms with Gasteiger partial charge in [-0.25, -0.2) is 4.79 Å². The molecule has 3 aromatic rings. The number of hydrogen-bond donors (Lipinski definition) is 0. The summed E-state index contributed by atoms with van der Waals surface area (Å²) in [7, 11) is 0. The summed E-state index contributed by atoms with van der Waals surface area (Å²) in [6.45, 7) is 0. The van der Waals surface area contributed by atoms with Crippen LogP contribution in [0.15, 0.2) is 84.9 Å². The zero-order valence-electron chi connectivity index (χ0n) is 15.4. The molecule has 2 fully saturated rings. The molecule has 6 rings (SSSR count). The third-order valence-electron chi connectivity index (χ3n) is 6.61. The quantitative estimate of drug-likeness (QED) is 0.632. The van der Waals surface area contributed by atoms with Gasteiger partial charge in [0, 0.05) is 12.0 Å². The maximum atomic E-state index is 13.1. The topological polar surface area (TPSA) is 29.5 Å². The standard InChI is InChI=1S/C25H21NO2/c27-25-26(23-20-15-18-13-7-8-14-19(18)21(20)23)22(16-9-3-1-4-10-16)24(28-25)17-11-5-2-6-12-17/h1-14,20-24H,15H2/t20-,21+,22+,23-,24-/m0/s1. The average molecular weight is 367 g/mol. The summed E-state index contributed by atoms with van der Waals surface area (Å²) in [5, 5.41) is 0. The van der Waals surface area contributed by atoms with Crippen molar-refractivity contribution in [2.45, 2.75) is 30.5 Å². The molecule has 0 aromatic heterocycles. The fourth-order valence-electron chi connectivity index (χ4n) is 5.38. The van der Waals surface area contributed by atoms with Crippen LogP contribution in [0.25, 0.3) is 0 Å². The van der Waals surface area contributed by atoms with E-state index in [0.717, 1.165) is 17.5 Å². The molecule has 0 radical (unpaired) electrons. The molecule has 0 unspecified atom stereocenters. The van der Waals surface area contributed by atoms with E-state index < -0.39 is 0 Å². The molecule has 1 heterocycles. The number of hydrogen-bond acceptors (Lipinski definition) is 2. The van der Waals surface area contributed by atoms with Gasteiger partial charge >= 0.3 is 6.09 Å². The van der Waals surface area contributed by atoms with E-state index in [1.54, 1.807) is 0 Å². The van der Waals surface area contributed by atoms with Crippen molar-refractivity contribution in [2.24, 2.45) is 5.92 Å². The first-order valence-electron chi connectivity index (χ1n) is 9.99. The maximum absolute atomic E-state index is 13.1. The highest BCUT2D eigenvalue weighted by atomic mass is 16.6. The summed E-state index contributed by atoms with van der Waals surface area (Å²) >= 11 is 0. The number of benzene rings is 3. The van der Waals surface area contributed by atoms with Crippen molar-refractivity contribution < 1.29 is 9.53 Å². The van der Waals surface area contributed by atoms with Crippen LogP contribution in [0.1, 0.15) is 40.3 Å². The van der Waals surface area contributed by atoms with Crippen molar-refractivity contribution in [2.75, 3.05) is 0 Å². The average Bonchev–Trinajstić information content (AvgIpc) is 3.13.